The lowest BCUT2D eigenvalue weighted by Gasteiger charge is -2.22. The Morgan fingerprint density at radius 3 is 2.87 bits per heavy atom. The molecule has 0 spiro atoms. The van der Waals surface area contributed by atoms with Crippen LogP contribution >= 0.6 is 0 Å². The van der Waals surface area contributed by atoms with Gasteiger partial charge in [-0.3, -0.25) is 0 Å². The van der Waals surface area contributed by atoms with Crippen LogP contribution in [0.2, 0.25) is 0 Å². The summed E-state index contributed by atoms with van der Waals surface area (Å²) in [4.78, 5) is 0. The number of benzene rings is 1. The van der Waals surface area contributed by atoms with Gasteiger partial charge in [-0.2, -0.15) is 0 Å². The highest BCUT2D eigenvalue weighted by atomic mass is 16.5. The van der Waals surface area contributed by atoms with Crippen LogP contribution in [0.25, 0.3) is 0 Å². The molecular weight excluding hydrogens is 190 g/mol. The van der Waals surface area contributed by atoms with Crippen LogP contribution in [-0.4, -0.2) is 20.3 Å². The number of fused-ring (bicyclic) bond motifs is 1. The summed E-state index contributed by atoms with van der Waals surface area (Å²) >= 11 is 0. The molecule has 0 saturated heterocycles. The van der Waals surface area contributed by atoms with Gasteiger partial charge in [-0.15, -0.1) is 0 Å². The monoisotopic (exact) mass is 207 g/mol. The summed E-state index contributed by atoms with van der Waals surface area (Å²) in [5, 5.41) is 3.33. The van der Waals surface area contributed by atoms with Gasteiger partial charge in [0.2, 0.25) is 0 Å². The predicted octanol–water partition coefficient (Wildman–Crippen LogP) is 2.62. The molecule has 1 heterocycles. The van der Waals surface area contributed by atoms with Crippen molar-refractivity contribution >= 4 is 5.69 Å². The Bertz CT molecular complexity index is 361. The molecular formula is C12H17NO2. The molecule has 1 aliphatic rings. The van der Waals surface area contributed by atoms with Gasteiger partial charge in [-0.25, -0.2) is 0 Å². The third-order valence-electron chi connectivity index (χ3n) is 2.63. The van der Waals surface area contributed by atoms with E-state index in [0.29, 0.717) is 5.92 Å². The van der Waals surface area contributed by atoms with Crippen molar-refractivity contribution in [2.75, 3.05) is 25.6 Å². The van der Waals surface area contributed by atoms with E-state index in [4.69, 9.17) is 9.47 Å². The lowest BCUT2D eigenvalue weighted by atomic mass is 10.0. The Morgan fingerprint density at radius 1 is 1.40 bits per heavy atom. The van der Waals surface area contributed by atoms with Crippen molar-refractivity contribution in [2.24, 2.45) is 0 Å². The van der Waals surface area contributed by atoms with Crippen molar-refractivity contribution in [3.8, 4) is 11.5 Å². The number of rotatable bonds is 2. The van der Waals surface area contributed by atoms with E-state index in [-0.39, 0.29) is 0 Å². The molecule has 3 nitrogen and oxygen atoms in total. The molecule has 3 heteroatoms. The van der Waals surface area contributed by atoms with Gasteiger partial charge in [0.05, 0.1) is 12.8 Å². The maximum atomic E-state index is 5.56. The summed E-state index contributed by atoms with van der Waals surface area (Å²) < 4.78 is 10.9. The molecule has 1 N–H and O–H groups in total. The van der Waals surface area contributed by atoms with E-state index in [2.05, 4.69) is 25.2 Å². The van der Waals surface area contributed by atoms with Crippen LogP contribution < -0.4 is 14.8 Å². The van der Waals surface area contributed by atoms with Gasteiger partial charge < -0.3 is 14.8 Å². The van der Waals surface area contributed by atoms with Crippen molar-refractivity contribution in [3.63, 3.8) is 0 Å². The lowest BCUT2D eigenvalue weighted by Crippen LogP contribution is -2.18. The van der Waals surface area contributed by atoms with Crippen LogP contribution in [0.1, 0.15) is 25.3 Å². The highest BCUT2D eigenvalue weighted by Gasteiger charge is 2.16. The summed E-state index contributed by atoms with van der Waals surface area (Å²) in [7, 11) is 1.70. The maximum absolute atomic E-state index is 5.56. The van der Waals surface area contributed by atoms with Crippen LogP contribution in [0.4, 0.5) is 5.69 Å². The van der Waals surface area contributed by atoms with E-state index >= 15 is 0 Å². The number of hydrogen-bond acceptors (Lipinski definition) is 3. The van der Waals surface area contributed by atoms with Gasteiger partial charge in [0.1, 0.15) is 18.1 Å². The van der Waals surface area contributed by atoms with Crippen LogP contribution in [-0.2, 0) is 0 Å². The topological polar surface area (TPSA) is 30.5 Å². The minimum Gasteiger partial charge on any atom is -0.496 e. The molecule has 0 amide bonds. The zero-order chi connectivity index (χ0) is 10.8. The molecule has 0 atom stereocenters. The molecule has 1 aromatic rings. The summed E-state index contributed by atoms with van der Waals surface area (Å²) in [5.74, 6) is 2.25. The standard InChI is InChI=1S/C12H17NO2/c1-8(2)9-6-10-12(7-11(9)14-3)15-5-4-13-10/h6-8,13H,4-5H2,1-3H3. The van der Waals surface area contributed by atoms with Gasteiger partial charge in [-0.05, 0) is 17.5 Å². The summed E-state index contributed by atoms with van der Waals surface area (Å²) in [6, 6.07) is 4.09. The van der Waals surface area contributed by atoms with E-state index in [0.717, 1.165) is 30.3 Å². The van der Waals surface area contributed by atoms with E-state index in [1.165, 1.54) is 5.56 Å². The normalized spacial score (nSPS) is 14.1. The Morgan fingerprint density at radius 2 is 2.20 bits per heavy atom. The molecule has 2 rings (SSSR count). The van der Waals surface area contributed by atoms with E-state index < -0.39 is 0 Å². The second-order valence-electron chi connectivity index (χ2n) is 4.02. The third kappa shape index (κ3) is 1.87. The molecule has 15 heavy (non-hydrogen) atoms. The summed E-state index contributed by atoms with van der Waals surface area (Å²) in [6.45, 7) is 5.91. The number of methoxy groups -OCH3 is 1. The Labute approximate surface area is 90.4 Å². The SMILES string of the molecule is COc1cc2c(cc1C(C)C)NCCO2. The van der Waals surface area contributed by atoms with Gasteiger partial charge in [0.25, 0.3) is 0 Å². The number of anilines is 1. The maximum Gasteiger partial charge on any atom is 0.146 e. The minimum absolute atomic E-state index is 0.453. The number of hydrogen-bond donors (Lipinski definition) is 1. The zero-order valence-electron chi connectivity index (χ0n) is 9.46. The lowest BCUT2D eigenvalue weighted by molar-refractivity contribution is 0.319. The molecule has 1 aliphatic heterocycles. The van der Waals surface area contributed by atoms with Gasteiger partial charge in [-0.1, -0.05) is 13.8 Å². The Kier molecular flexibility index (Phi) is 2.71. The smallest absolute Gasteiger partial charge is 0.146 e. The Balaban J connectivity index is 2.46. The molecule has 0 bridgehead atoms. The van der Waals surface area contributed by atoms with E-state index in [1.807, 2.05) is 6.07 Å². The highest BCUT2D eigenvalue weighted by molar-refractivity contribution is 5.63. The number of ether oxygens (including phenoxy) is 2. The van der Waals surface area contributed by atoms with Gasteiger partial charge in [0.15, 0.2) is 0 Å². The minimum atomic E-state index is 0.453. The van der Waals surface area contributed by atoms with Crippen molar-refractivity contribution < 1.29 is 9.47 Å². The molecule has 0 aliphatic carbocycles. The predicted molar refractivity (Wildman–Crippen MR) is 61.1 cm³/mol. The number of nitrogens with one attached hydrogen (secondary N) is 1. The van der Waals surface area contributed by atoms with Gasteiger partial charge in [0, 0.05) is 12.6 Å². The first-order valence-electron chi connectivity index (χ1n) is 5.31. The average Bonchev–Trinajstić information content (AvgIpc) is 2.27. The quantitative estimate of drug-likeness (QED) is 0.808. The first-order chi connectivity index (χ1) is 7.22. The highest BCUT2D eigenvalue weighted by Crippen LogP contribution is 2.37. The largest absolute Gasteiger partial charge is 0.496 e. The van der Waals surface area contributed by atoms with Crippen LogP contribution in [0.15, 0.2) is 12.1 Å². The molecule has 0 radical (unpaired) electrons. The van der Waals surface area contributed by atoms with E-state index in [9.17, 15) is 0 Å². The van der Waals surface area contributed by atoms with Gasteiger partial charge >= 0.3 is 0 Å². The van der Waals surface area contributed by atoms with Crippen LogP contribution in [0.3, 0.4) is 0 Å². The molecule has 0 unspecified atom stereocenters. The zero-order valence-corrected chi connectivity index (χ0v) is 9.46. The van der Waals surface area contributed by atoms with Crippen molar-refractivity contribution in [1.82, 2.24) is 0 Å². The molecule has 82 valence electrons. The molecule has 0 aromatic heterocycles. The fourth-order valence-corrected chi connectivity index (χ4v) is 1.81. The second kappa shape index (κ2) is 4.01. The second-order valence-corrected chi connectivity index (χ2v) is 4.02. The molecule has 0 saturated carbocycles. The first-order valence-corrected chi connectivity index (χ1v) is 5.31. The third-order valence-corrected chi connectivity index (χ3v) is 2.63. The molecule has 0 fully saturated rings. The first kappa shape index (κ1) is 10.1. The van der Waals surface area contributed by atoms with E-state index in [1.54, 1.807) is 7.11 Å². The van der Waals surface area contributed by atoms with Crippen molar-refractivity contribution in [2.45, 2.75) is 19.8 Å². The fraction of sp³-hybridized carbons (Fsp3) is 0.500. The molecule has 1 aromatic carbocycles. The van der Waals surface area contributed by atoms with Crippen molar-refractivity contribution in [1.29, 1.82) is 0 Å². The summed E-state index contributed by atoms with van der Waals surface area (Å²) in [5.41, 5.74) is 2.29. The summed E-state index contributed by atoms with van der Waals surface area (Å²) in [6.07, 6.45) is 0. The van der Waals surface area contributed by atoms with Crippen LogP contribution in [0, 0.1) is 0 Å². The Hall–Kier alpha value is -1.38. The average molecular weight is 207 g/mol. The van der Waals surface area contributed by atoms with Crippen LogP contribution in [0.5, 0.6) is 11.5 Å². The van der Waals surface area contributed by atoms with Crippen molar-refractivity contribution in [3.05, 3.63) is 17.7 Å². The fourth-order valence-electron chi connectivity index (χ4n) is 1.81.